The van der Waals surface area contributed by atoms with Crippen molar-refractivity contribution in [1.82, 2.24) is 10.2 Å². The van der Waals surface area contributed by atoms with Crippen molar-refractivity contribution in [3.63, 3.8) is 0 Å². The van der Waals surface area contributed by atoms with Crippen LogP contribution in [0.3, 0.4) is 0 Å². The van der Waals surface area contributed by atoms with Crippen LogP contribution in [-0.2, 0) is 4.74 Å². The van der Waals surface area contributed by atoms with Gasteiger partial charge in [-0.1, -0.05) is 48.0 Å². The van der Waals surface area contributed by atoms with E-state index in [1.165, 1.54) is 11.1 Å². The summed E-state index contributed by atoms with van der Waals surface area (Å²) in [6.07, 6.45) is 0. The number of morpholine rings is 1. The van der Waals surface area contributed by atoms with Gasteiger partial charge in [-0.3, -0.25) is 4.90 Å². The van der Waals surface area contributed by atoms with Crippen LogP contribution in [0.2, 0.25) is 0 Å². The van der Waals surface area contributed by atoms with E-state index in [-0.39, 0.29) is 12.1 Å². The van der Waals surface area contributed by atoms with Crippen molar-refractivity contribution >= 4 is 23.0 Å². The van der Waals surface area contributed by atoms with E-state index in [0.29, 0.717) is 5.11 Å². The minimum atomic E-state index is 0.168. The van der Waals surface area contributed by atoms with E-state index < -0.39 is 0 Å². The second kappa shape index (κ2) is 9.12. The third kappa shape index (κ3) is 5.04. The quantitative estimate of drug-likeness (QED) is 0.785. The van der Waals surface area contributed by atoms with Crippen molar-refractivity contribution in [2.75, 3.05) is 31.6 Å². The van der Waals surface area contributed by atoms with Gasteiger partial charge in [-0.2, -0.15) is 0 Å². The minimum absolute atomic E-state index is 0.168. The molecular weight excluding hydrogens is 342 g/mol. The Labute approximate surface area is 161 Å². The van der Waals surface area contributed by atoms with Gasteiger partial charge in [0.05, 0.1) is 19.3 Å². The van der Waals surface area contributed by atoms with Crippen molar-refractivity contribution < 1.29 is 4.74 Å². The Kier molecular flexibility index (Phi) is 6.61. The van der Waals surface area contributed by atoms with Gasteiger partial charge in [0.1, 0.15) is 0 Å². The number of hydrogen-bond acceptors (Lipinski definition) is 3. The van der Waals surface area contributed by atoms with Crippen LogP contribution in [0.5, 0.6) is 0 Å². The number of hydrogen-bond donors (Lipinski definition) is 2. The van der Waals surface area contributed by atoms with Crippen molar-refractivity contribution in [3.05, 3.63) is 65.7 Å². The summed E-state index contributed by atoms with van der Waals surface area (Å²) in [5, 5.41) is 7.41. The molecule has 0 unspecified atom stereocenters. The molecule has 1 aliphatic heterocycles. The van der Waals surface area contributed by atoms with E-state index in [2.05, 4.69) is 71.8 Å². The Bertz CT molecular complexity index is 699. The van der Waals surface area contributed by atoms with Crippen molar-refractivity contribution in [1.29, 1.82) is 0 Å². The number of nitrogens with zero attached hydrogens (tertiary/aromatic N) is 1. The van der Waals surface area contributed by atoms with E-state index in [1.807, 2.05) is 12.1 Å². The molecule has 3 rings (SSSR count). The lowest BCUT2D eigenvalue weighted by atomic mass is 9.98. The van der Waals surface area contributed by atoms with Gasteiger partial charge in [0, 0.05) is 24.8 Å². The fraction of sp³-hybridized carbons (Fsp3) is 0.381. The molecule has 138 valence electrons. The van der Waals surface area contributed by atoms with Crippen LogP contribution in [0.15, 0.2) is 54.6 Å². The van der Waals surface area contributed by atoms with Crippen molar-refractivity contribution in [2.24, 2.45) is 0 Å². The second-order valence-electron chi connectivity index (χ2n) is 6.76. The summed E-state index contributed by atoms with van der Waals surface area (Å²) in [6.45, 7) is 7.70. The number of aryl methyl sites for hydroxylation is 1. The number of nitrogens with one attached hydrogen (secondary N) is 2. The van der Waals surface area contributed by atoms with Crippen molar-refractivity contribution in [3.8, 4) is 0 Å². The molecule has 0 saturated carbocycles. The predicted molar refractivity (Wildman–Crippen MR) is 112 cm³/mol. The zero-order valence-electron chi connectivity index (χ0n) is 15.4. The predicted octanol–water partition coefficient (Wildman–Crippen LogP) is 3.74. The van der Waals surface area contributed by atoms with E-state index in [9.17, 15) is 0 Å². The Morgan fingerprint density at radius 1 is 1.04 bits per heavy atom. The molecule has 1 heterocycles. The maximum absolute atomic E-state index is 5.55. The number of rotatable bonds is 5. The van der Waals surface area contributed by atoms with E-state index >= 15 is 0 Å². The summed E-state index contributed by atoms with van der Waals surface area (Å²) in [5.74, 6) is 0. The molecule has 1 aliphatic rings. The van der Waals surface area contributed by atoms with Crippen LogP contribution in [0.1, 0.15) is 24.1 Å². The fourth-order valence-electron chi connectivity index (χ4n) is 3.41. The molecule has 2 aromatic rings. The molecule has 0 amide bonds. The first-order valence-corrected chi connectivity index (χ1v) is 9.55. The molecule has 0 radical (unpaired) electrons. The third-order valence-electron chi connectivity index (χ3n) is 4.72. The lowest BCUT2D eigenvalue weighted by Crippen LogP contribution is -2.49. The molecule has 0 bridgehead atoms. The Hall–Kier alpha value is -1.95. The lowest BCUT2D eigenvalue weighted by Gasteiger charge is -2.38. The van der Waals surface area contributed by atoms with Gasteiger partial charge in [-0.05, 0) is 43.8 Å². The van der Waals surface area contributed by atoms with Crippen LogP contribution >= 0.6 is 12.2 Å². The molecule has 5 heteroatoms. The first-order chi connectivity index (χ1) is 12.6. The smallest absolute Gasteiger partial charge is 0.171 e. The maximum atomic E-state index is 5.55. The molecule has 2 aromatic carbocycles. The molecule has 0 spiro atoms. The van der Waals surface area contributed by atoms with Crippen LogP contribution in [0.4, 0.5) is 5.69 Å². The SMILES string of the molecule is Cc1ccc(NC(=S)N[C@@H](C)[C@@H](c2ccccc2)N2CCOCC2)cc1. The zero-order valence-corrected chi connectivity index (χ0v) is 16.3. The van der Waals surface area contributed by atoms with Gasteiger partial charge in [-0.25, -0.2) is 0 Å². The summed E-state index contributed by atoms with van der Waals surface area (Å²) in [7, 11) is 0. The highest BCUT2D eigenvalue weighted by molar-refractivity contribution is 7.80. The molecule has 1 fully saturated rings. The van der Waals surface area contributed by atoms with Gasteiger partial charge >= 0.3 is 0 Å². The minimum Gasteiger partial charge on any atom is -0.379 e. The molecule has 2 N–H and O–H groups in total. The lowest BCUT2D eigenvalue weighted by molar-refractivity contribution is 0.0102. The van der Waals surface area contributed by atoms with Gasteiger partial charge in [-0.15, -0.1) is 0 Å². The van der Waals surface area contributed by atoms with Crippen LogP contribution in [-0.4, -0.2) is 42.4 Å². The van der Waals surface area contributed by atoms with Crippen molar-refractivity contribution in [2.45, 2.75) is 25.9 Å². The Morgan fingerprint density at radius 3 is 2.35 bits per heavy atom. The number of anilines is 1. The van der Waals surface area contributed by atoms with Crippen LogP contribution in [0.25, 0.3) is 0 Å². The van der Waals surface area contributed by atoms with E-state index in [1.54, 1.807) is 0 Å². The molecule has 2 atom stereocenters. The normalized spacial score (nSPS) is 17.3. The average molecular weight is 370 g/mol. The zero-order chi connectivity index (χ0) is 18.4. The Balaban J connectivity index is 1.69. The standard InChI is InChI=1S/C21H27N3OS/c1-16-8-10-19(11-9-16)23-21(26)22-17(2)20(18-6-4-3-5-7-18)24-12-14-25-15-13-24/h3-11,17,20H,12-15H2,1-2H3,(H2,22,23,26)/t17-,20-/m0/s1. The van der Waals surface area contributed by atoms with Crippen LogP contribution in [0, 0.1) is 6.92 Å². The van der Waals surface area contributed by atoms with Gasteiger partial charge in [0.25, 0.3) is 0 Å². The topological polar surface area (TPSA) is 36.5 Å². The largest absolute Gasteiger partial charge is 0.379 e. The summed E-state index contributed by atoms with van der Waals surface area (Å²) in [4.78, 5) is 2.48. The Morgan fingerprint density at radius 2 is 1.69 bits per heavy atom. The highest BCUT2D eigenvalue weighted by Crippen LogP contribution is 2.25. The second-order valence-corrected chi connectivity index (χ2v) is 7.17. The number of thiocarbonyl (C=S) groups is 1. The average Bonchev–Trinajstić information content (AvgIpc) is 2.65. The van der Waals surface area contributed by atoms with E-state index in [4.69, 9.17) is 17.0 Å². The molecule has 1 saturated heterocycles. The first kappa shape index (κ1) is 18.8. The molecule has 26 heavy (non-hydrogen) atoms. The number of benzene rings is 2. The summed E-state index contributed by atoms with van der Waals surface area (Å²) >= 11 is 5.55. The molecule has 4 nitrogen and oxygen atoms in total. The first-order valence-electron chi connectivity index (χ1n) is 9.14. The maximum Gasteiger partial charge on any atom is 0.171 e. The van der Waals surface area contributed by atoms with Crippen LogP contribution < -0.4 is 10.6 Å². The van der Waals surface area contributed by atoms with Gasteiger partial charge in [0.15, 0.2) is 5.11 Å². The number of ether oxygens (including phenoxy) is 1. The highest BCUT2D eigenvalue weighted by atomic mass is 32.1. The van der Waals surface area contributed by atoms with Gasteiger partial charge < -0.3 is 15.4 Å². The molecular formula is C21H27N3OS. The summed E-state index contributed by atoms with van der Waals surface area (Å²) in [5.41, 5.74) is 3.54. The van der Waals surface area contributed by atoms with Gasteiger partial charge in [0.2, 0.25) is 0 Å². The molecule has 0 aromatic heterocycles. The summed E-state index contributed by atoms with van der Waals surface area (Å²) < 4.78 is 5.54. The summed E-state index contributed by atoms with van der Waals surface area (Å²) in [6, 6.07) is 19.3. The monoisotopic (exact) mass is 369 g/mol. The third-order valence-corrected chi connectivity index (χ3v) is 4.94. The molecule has 0 aliphatic carbocycles. The fourth-order valence-corrected chi connectivity index (χ4v) is 3.72. The highest BCUT2D eigenvalue weighted by Gasteiger charge is 2.28. The van der Waals surface area contributed by atoms with E-state index in [0.717, 1.165) is 32.0 Å².